The second-order valence-electron chi connectivity index (χ2n) is 5.05. The molecule has 1 heterocycles. The highest BCUT2D eigenvalue weighted by molar-refractivity contribution is 8.00. The minimum Gasteiger partial charge on any atom is -0.359 e. The molecule has 2 N–H and O–H groups in total. The van der Waals surface area contributed by atoms with Crippen molar-refractivity contribution in [1.82, 2.24) is 15.5 Å². The lowest BCUT2D eigenvalue weighted by Gasteiger charge is -2.24. The van der Waals surface area contributed by atoms with Crippen molar-refractivity contribution >= 4 is 23.6 Å². The van der Waals surface area contributed by atoms with Crippen LogP contribution < -0.4 is 10.6 Å². The van der Waals surface area contributed by atoms with Crippen LogP contribution in [0.25, 0.3) is 0 Å². The first-order chi connectivity index (χ1) is 9.04. The van der Waals surface area contributed by atoms with E-state index in [2.05, 4.69) is 10.6 Å². The molecule has 6 heteroatoms. The van der Waals surface area contributed by atoms with E-state index in [9.17, 15) is 9.59 Å². The van der Waals surface area contributed by atoms with Crippen LogP contribution in [-0.2, 0) is 9.59 Å². The van der Waals surface area contributed by atoms with E-state index in [0.717, 1.165) is 25.9 Å². The van der Waals surface area contributed by atoms with Crippen LogP contribution in [0.5, 0.6) is 0 Å². The number of hydrogen-bond acceptors (Lipinski definition) is 4. The molecule has 2 amide bonds. The first-order valence-electron chi connectivity index (χ1n) is 6.82. The highest BCUT2D eigenvalue weighted by atomic mass is 32.2. The number of hydrogen-bond donors (Lipinski definition) is 2. The number of piperidine rings is 1. The number of rotatable bonds is 6. The second kappa shape index (κ2) is 8.43. The van der Waals surface area contributed by atoms with Crippen LogP contribution in [0.15, 0.2) is 0 Å². The maximum Gasteiger partial charge on any atom is 0.232 e. The second-order valence-corrected chi connectivity index (χ2v) is 6.34. The fourth-order valence-corrected chi connectivity index (χ4v) is 3.27. The van der Waals surface area contributed by atoms with Gasteiger partial charge in [-0.1, -0.05) is 6.92 Å². The summed E-state index contributed by atoms with van der Waals surface area (Å²) >= 11 is 1.74. The Balaban J connectivity index is 2.25. The van der Waals surface area contributed by atoms with Gasteiger partial charge in [0.1, 0.15) is 0 Å². The van der Waals surface area contributed by atoms with Crippen LogP contribution in [-0.4, -0.2) is 61.4 Å². The summed E-state index contributed by atoms with van der Waals surface area (Å²) in [6, 6.07) is 0. The van der Waals surface area contributed by atoms with E-state index in [1.165, 1.54) is 0 Å². The number of nitrogens with zero attached hydrogens (tertiary/aromatic N) is 1. The summed E-state index contributed by atoms with van der Waals surface area (Å²) in [5, 5.41) is 6.51. The van der Waals surface area contributed by atoms with E-state index < -0.39 is 0 Å². The third-order valence-electron chi connectivity index (χ3n) is 3.40. The van der Waals surface area contributed by atoms with Gasteiger partial charge in [0.15, 0.2) is 0 Å². The third kappa shape index (κ3) is 5.82. The molecule has 1 aliphatic heterocycles. The van der Waals surface area contributed by atoms with Crippen LogP contribution in [0.1, 0.15) is 19.8 Å². The maximum atomic E-state index is 12.0. The van der Waals surface area contributed by atoms with E-state index in [-0.39, 0.29) is 17.7 Å². The van der Waals surface area contributed by atoms with Crippen molar-refractivity contribution in [2.75, 3.05) is 39.5 Å². The van der Waals surface area contributed by atoms with Crippen LogP contribution in [0.4, 0.5) is 0 Å². The van der Waals surface area contributed by atoms with Crippen molar-refractivity contribution in [3.05, 3.63) is 0 Å². The highest BCUT2D eigenvalue weighted by Gasteiger charge is 2.19. The Hall–Kier alpha value is -0.750. The number of nitrogens with one attached hydrogen (secondary N) is 2. The van der Waals surface area contributed by atoms with Gasteiger partial charge in [0.2, 0.25) is 11.8 Å². The van der Waals surface area contributed by atoms with Gasteiger partial charge in [-0.15, -0.1) is 11.8 Å². The van der Waals surface area contributed by atoms with Gasteiger partial charge in [-0.25, -0.2) is 0 Å². The minimum atomic E-state index is -0.164. The Kier molecular flexibility index (Phi) is 7.23. The Morgan fingerprint density at radius 3 is 2.63 bits per heavy atom. The fraction of sp³-hybridized carbons (Fsp3) is 0.846. The molecule has 1 unspecified atom stereocenters. The maximum absolute atomic E-state index is 12.0. The molecule has 0 aromatic carbocycles. The van der Waals surface area contributed by atoms with E-state index in [4.69, 9.17) is 0 Å². The van der Waals surface area contributed by atoms with Crippen LogP contribution in [0, 0.1) is 5.92 Å². The number of thioether (sulfide) groups is 1. The summed E-state index contributed by atoms with van der Waals surface area (Å²) in [6.07, 6.45) is 2.27. The minimum absolute atomic E-state index is 0.0225. The first-order valence-corrected chi connectivity index (χ1v) is 7.87. The number of amides is 2. The summed E-state index contributed by atoms with van der Waals surface area (Å²) in [7, 11) is 3.39. The molecule has 0 saturated carbocycles. The molecule has 0 aliphatic carbocycles. The van der Waals surface area contributed by atoms with Crippen molar-refractivity contribution in [3.8, 4) is 0 Å². The lowest BCUT2D eigenvalue weighted by atomic mass is 10.1. The van der Waals surface area contributed by atoms with Gasteiger partial charge in [-0.3, -0.25) is 9.59 Å². The van der Waals surface area contributed by atoms with Crippen molar-refractivity contribution in [2.45, 2.75) is 25.0 Å². The smallest absolute Gasteiger partial charge is 0.232 e. The third-order valence-corrected chi connectivity index (χ3v) is 4.75. The molecular formula is C13H25N3O2S. The Morgan fingerprint density at radius 1 is 1.42 bits per heavy atom. The van der Waals surface area contributed by atoms with Gasteiger partial charge in [0, 0.05) is 25.9 Å². The zero-order valence-corrected chi connectivity index (χ0v) is 12.9. The molecule has 1 aliphatic rings. The Morgan fingerprint density at radius 2 is 2.05 bits per heavy atom. The molecule has 19 heavy (non-hydrogen) atoms. The van der Waals surface area contributed by atoms with Gasteiger partial charge in [0.05, 0.1) is 11.7 Å². The molecule has 1 rings (SSSR count). The van der Waals surface area contributed by atoms with Crippen molar-refractivity contribution in [2.24, 2.45) is 5.92 Å². The fourth-order valence-electron chi connectivity index (χ4n) is 2.10. The largest absolute Gasteiger partial charge is 0.359 e. The molecule has 110 valence electrons. The van der Waals surface area contributed by atoms with E-state index in [1.54, 1.807) is 30.8 Å². The standard InChI is InChI=1S/C13H25N3O2S/c1-10(13(18)14-2)8-16(3)12(17)9-19-11-4-6-15-7-5-11/h10-11,15H,4-9H2,1-3H3,(H,14,18). The molecule has 0 bridgehead atoms. The van der Waals surface area contributed by atoms with Gasteiger partial charge < -0.3 is 15.5 Å². The van der Waals surface area contributed by atoms with Gasteiger partial charge in [-0.05, 0) is 25.9 Å². The average Bonchev–Trinajstić information content (AvgIpc) is 2.44. The van der Waals surface area contributed by atoms with E-state index in [1.807, 2.05) is 6.92 Å². The predicted molar refractivity (Wildman–Crippen MR) is 79.2 cm³/mol. The molecule has 0 aromatic rings. The predicted octanol–water partition coefficient (Wildman–Crippen LogP) is 0.312. The number of carbonyl (C=O) groups excluding carboxylic acids is 2. The van der Waals surface area contributed by atoms with Crippen molar-refractivity contribution in [1.29, 1.82) is 0 Å². The van der Waals surface area contributed by atoms with Gasteiger partial charge in [0.25, 0.3) is 0 Å². The SMILES string of the molecule is CNC(=O)C(C)CN(C)C(=O)CSC1CCNCC1. The molecule has 0 radical (unpaired) electrons. The lowest BCUT2D eigenvalue weighted by molar-refractivity contribution is -0.129. The van der Waals surface area contributed by atoms with Crippen LogP contribution >= 0.6 is 11.8 Å². The lowest BCUT2D eigenvalue weighted by Crippen LogP contribution is -2.38. The monoisotopic (exact) mass is 287 g/mol. The molecule has 5 nitrogen and oxygen atoms in total. The quantitative estimate of drug-likeness (QED) is 0.738. The summed E-state index contributed by atoms with van der Waals surface area (Å²) in [5.74, 6) is 0.439. The summed E-state index contributed by atoms with van der Waals surface area (Å²) < 4.78 is 0. The molecule has 1 fully saturated rings. The normalized spacial score (nSPS) is 17.8. The van der Waals surface area contributed by atoms with Gasteiger partial charge >= 0.3 is 0 Å². The summed E-state index contributed by atoms with van der Waals surface area (Å²) in [6.45, 7) is 4.42. The highest BCUT2D eigenvalue weighted by Crippen LogP contribution is 2.20. The zero-order valence-electron chi connectivity index (χ0n) is 12.1. The molecular weight excluding hydrogens is 262 g/mol. The van der Waals surface area contributed by atoms with Gasteiger partial charge in [-0.2, -0.15) is 0 Å². The van der Waals surface area contributed by atoms with E-state index >= 15 is 0 Å². The van der Waals surface area contributed by atoms with Crippen molar-refractivity contribution in [3.63, 3.8) is 0 Å². The summed E-state index contributed by atoms with van der Waals surface area (Å²) in [5.41, 5.74) is 0. The molecule has 1 atom stereocenters. The average molecular weight is 287 g/mol. The van der Waals surface area contributed by atoms with Crippen LogP contribution in [0.2, 0.25) is 0 Å². The van der Waals surface area contributed by atoms with Crippen molar-refractivity contribution < 1.29 is 9.59 Å². The number of carbonyl (C=O) groups is 2. The Labute approximate surface area is 119 Å². The Bertz CT molecular complexity index is 306. The van der Waals surface area contributed by atoms with E-state index in [0.29, 0.717) is 17.5 Å². The van der Waals surface area contributed by atoms with Crippen LogP contribution in [0.3, 0.4) is 0 Å². The first kappa shape index (κ1) is 16.3. The molecule has 0 aromatic heterocycles. The molecule has 0 spiro atoms. The topological polar surface area (TPSA) is 61.4 Å². The summed E-state index contributed by atoms with van der Waals surface area (Å²) in [4.78, 5) is 25.1. The molecule has 1 saturated heterocycles. The zero-order chi connectivity index (χ0) is 14.3.